The molecule has 0 amide bonds. The van der Waals surface area contributed by atoms with Crippen LogP contribution in [0.2, 0.25) is 0 Å². The number of hydrogen-bond donors (Lipinski definition) is 0. The van der Waals surface area contributed by atoms with Crippen molar-refractivity contribution >= 4 is 27.5 Å². The fourth-order valence-corrected chi connectivity index (χ4v) is 2.32. The molecule has 4 heteroatoms. The van der Waals surface area contributed by atoms with E-state index >= 15 is 0 Å². The van der Waals surface area contributed by atoms with Gasteiger partial charge in [-0.2, -0.15) is 0 Å². The van der Waals surface area contributed by atoms with Gasteiger partial charge in [0, 0.05) is 5.88 Å². The number of methoxy groups -OCH3 is 1. The number of halogens is 2. The first-order valence-corrected chi connectivity index (χ1v) is 7.03. The van der Waals surface area contributed by atoms with Gasteiger partial charge in [0.05, 0.1) is 18.2 Å². The molecular formula is C13H18BrClO2. The molecule has 0 aliphatic heterocycles. The smallest absolute Gasteiger partial charge is 0.175 e. The van der Waals surface area contributed by atoms with E-state index in [-0.39, 0.29) is 0 Å². The Labute approximate surface area is 116 Å². The summed E-state index contributed by atoms with van der Waals surface area (Å²) in [4.78, 5) is 0. The van der Waals surface area contributed by atoms with Crippen molar-refractivity contribution in [1.82, 2.24) is 0 Å². The van der Waals surface area contributed by atoms with Crippen molar-refractivity contribution in [2.75, 3.05) is 19.6 Å². The molecule has 0 N–H and O–H groups in total. The van der Waals surface area contributed by atoms with Gasteiger partial charge >= 0.3 is 0 Å². The minimum atomic E-state index is 0.584. The molecule has 0 fully saturated rings. The minimum absolute atomic E-state index is 0.584. The zero-order valence-electron chi connectivity index (χ0n) is 10.2. The Bertz CT molecular complexity index is 344. The zero-order valence-corrected chi connectivity index (χ0v) is 12.6. The Kier molecular flexibility index (Phi) is 6.75. The number of benzene rings is 1. The maximum atomic E-state index is 5.76. The van der Waals surface area contributed by atoms with Crippen LogP contribution in [0, 0.1) is 5.92 Å². The number of para-hydroxylation sites is 1. The van der Waals surface area contributed by atoms with Crippen molar-refractivity contribution < 1.29 is 9.47 Å². The second-order valence-corrected chi connectivity index (χ2v) is 5.22. The van der Waals surface area contributed by atoms with Crippen molar-refractivity contribution in [2.45, 2.75) is 19.8 Å². The predicted molar refractivity (Wildman–Crippen MR) is 75.3 cm³/mol. The summed E-state index contributed by atoms with van der Waals surface area (Å²) in [5.41, 5.74) is 0. The van der Waals surface area contributed by atoms with Gasteiger partial charge in [0.2, 0.25) is 0 Å². The molecule has 1 unspecified atom stereocenters. The van der Waals surface area contributed by atoms with Crippen LogP contribution >= 0.6 is 27.5 Å². The topological polar surface area (TPSA) is 18.5 Å². The van der Waals surface area contributed by atoms with Crippen molar-refractivity contribution in [3.05, 3.63) is 22.7 Å². The third-order valence-corrected chi connectivity index (χ3v) is 3.45. The Morgan fingerprint density at radius 3 is 2.76 bits per heavy atom. The normalized spacial score (nSPS) is 12.2. The molecular weight excluding hydrogens is 303 g/mol. The van der Waals surface area contributed by atoms with E-state index in [2.05, 4.69) is 22.9 Å². The lowest BCUT2D eigenvalue weighted by Gasteiger charge is -2.14. The third kappa shape index (κ3) is 4.76. The average Bonchev–Trinajstić information content (AvgIpc) is 2.31. The van der Waals surface area contributed by atoms with Crippen molar-refractivity contribution in [2.24, 2.45) is 5.92 Å². The first-order chi connectivity index (χ1) is 8.19. The van der Waals surface area contributed by atoms with Crippen LogP contribution in [0.1, 0.15) is 19.8 Å². The number of ether oxygens (including phenoxy) is 2. The Balaban J connectivity index is 2.51. The molecule has 0 aliphatic rings. The maximum absolute atomic E-state index is 5.76. The number of rotatable bonds is 7. The minimum Gasteiger partial charge on any atom is -0.493 e. The summed E-state index contributed by atoms with van der Waals surface area (Å²) in [5, 5.41) is 0. The van der Waals surface area contributed by atoms with Crippen LogP contribution in [0.5, 0.6) is 11.5 Å². The van der Waals surface area contributed by atoms with Gasteiger partial charge in [0.1, 0.15) is 0 Å². The molecule has 0 saturated carbocycles. The summed E-state index contributed by atoms with van der Waals surface area (Å²) in [5.74, 6) is 2.82. The van der Waals surface area contributed by atoms with E-state index in [1.165, 1.54) is 0 Å². The molecule has 1 aromatic carbocycles. The quantitative estimate of drug-likeness (QED) is 0.689. The van der Waals surface area contributed by atoms with Gasteiger partial charge in [-0.3, -0.25) is 0 Å². The van der Waals surface area contributed by atoms with Crippen LogP contribution in [0.4, 0.5) is 0 Å². The molecule has 0 saturated heterocycles. The van der Waals surface area contributed by atoms with E-state index < -0.39 is 0 Å². The Hall–Kier alpha value is -0.410. The molecule has 1 aromatic rings. The van der Waals surface area contributed by atoms with Crippen LogP contribution in [-0.2, 0) is 0 Å². The predicted octanol–water partition coefficient (Wildman–Crippen LogP) is 4.49. The number of alkyl halides is 1. The van der Waals surface area contributed by atoms with Crippen molar-refractivity contribution in [3.8, 4) is 11.5 Å². The molecule has 2 nitrogen and oxygen atoms in total. The highest BCUT2D eigenvalue weighted by molar-refractivity contribution is 9.10. The summed E-state index contributed by atoms with van der Waals surface area (Å²) in [6, 6.07) is 5.76. The lowest BCUT2D eigenvalue weighted by molar-refractivity contribution is 0.265. The van der Waals surface area contributed by atoms with Gasteiger partial charge in [-0.15, -0.1) is 11.6 Å². The second kappa shape index (κ2) is 7.83. The van der Waals surface area contributed by atoms with E-state index in [9.17, 15) is 0 Å². The van der Waals surface area contributed by atoms with E-state index in [0.29, 0.717) is 18.4 Å². The fourth-order valence-electron chi connectivity index (χ4n) is 1.48. The lowest BCUT2D eigenvalue weighted by atomic mass is 10.1. The van der Waals surface area contributed by atoms with E-state index in [4.69, 9.17) is 21.1 Å². The summed E-state index contributed by atoms with van der Waals surface area (Å²) < 4.78 is 11.9. The van der Waals surface area contributed by atoms with Gasteiger partial charge in [0.15, 0.2) is 11.5 Å². The zero-order chi connectivity index (χ0) is 12.7. The molecule has 1 rings (SSSR count). The summed E-state index contributed by atoms with van der Waals surface area (Å²) >= 11 is 9.16. The monoisotopic (exact) mass is 320 g/mol. The number of hydrogen-bond acceptors (Lipinski definition) is 2. The van der Waals surface area contributed by atoms with Gasteiger partial charge in [0.25, 0.3) is 0 Å². The maximum Gasteiger partial charge on any atom is 0.175 e. The Morgan fingerprint density at radius 1 is 1.35 bits per heavy atom. The summed E-state index contributed by atoms with van der Waals surface area (Å²) in [6.07, 6.45) is 2.02. The standard InChI is InChI=1S/C13H18BrClO2/c1-10(6-8-15)7-9-17-13-11(14)4-3-5-12(13)16-2/h3-5,10H,6-9H2,1-2H3. The van der Waals surface area contributed by atoms with E-state index in [1.807, 2.05) is 18.2 Å². The fraction of sp³-hybridized carbons (Fsp3) is 0.538. The molecule has 1 atom stereocenters. The Morgan fingerprint density at radius 2 is 2.12 bits per heavy atom. The van der Waals surface area contributed by atoms with Crippen LogP contribution < -0.4 is 9.47 Å². The second-order valence-electron chi connectivity index (χ2n) is 3.99. The van der Waals surface area contributed by atoms with E-state index in [0.717, 1.165) is 28.8 Å². The van der Waals surface area contributed by atoms with Crippen LogP contribution in [0.15, 0.2) is 22.7 Å². The highest BCUT2D eigenvalue weighted by Gasteiger charge is 2.09. The van der Waals surface area contributed by atoms with Crippen LogP contribution in [0.3, 0.4) is 0 Å². The molecule has 0 radical (unpaired) electrons. The highest BCUT2D eigenvalue weighted by Crippen LogP contribution is 2.35. The molecule has 0 bridgehead atoms. The highest BCUT2D eigenvalue weighted by atomic mass is 79.9. The van der Waals surface area contributed by atoms with Crippen LogP contribution in [0.25, 0.3) is 0 Å². The van der Waals surface area contributed by atoms with Crippen molar-refractivity contribution in [3.63, 3.8) is 0 Å². The lowest BCUT2D eigenvalue weighted by Crippen LogP contribution is -2.05. The van der Waals surface area contributed by atoms with Gasteiger partial charge in [-0.25, -0.2) is 0 Å². The molecule has 17 heavy (non-hydrogen) atoms. The summed E-state index contributed by atoms with van der Waals surface area (Å²) in [6.45, 7) is 2.86. The van der Waals surface area contributed by atoms with Gasteiger partial charge in [-0.1, -0.05) is 13.0 Å². The largest absolute Gasteiger partial charge is 0.493 e. The molecule has 0 heterocycles. The molecule has 0 spiro atoms. The molecule has 0 aromatic heterocycles. The summed E-state index contributed by atoms with van der Waals surface area (Å²) in [7, 11) is 1.64. The first kappa shape index (κ1) is 14.7. The van der Waals surface area contributed by atoms with E-state index in [1.54, 1.807) is 7.11 Å². The first-order valence-electron chi connectivity index (χ1n) is 5.70. The van der Waals surface area contributed by atoms with Crippen molar-refractivity contribution in [1.29, 1.82) is 0 Å². The van der Waals surface area contributed by atoms with Gasteiger partial charge < -0.3 is 9.47 Å². The average molecular weight is 322 g/mol. The third-order valence-electron chi connectivity index (χ3n) is 2.61. The SMILES string of the molecule is COc1cccc(Br)c1OCCC(C)CCCl. The molecule has 96 valence electrons. The molecule has 0 aliphatic carbocycles. The van der Waals surface area contributed by atoms with Crippen LogP contribution in [-0.4, -0.2) is 19.6 Å². The van der Waals surface area contributed by atoms with Gasteiger partial charge in [-0.05, 0) is 46.8 Å².